The number of ether oxygens (including phenoxy) is 1. The number of carbonyl (C=O) groups is 1. The summed E-state index contributed by atoms with van der Waals surface area (Å²) in [7, 11) is 0. The van der Waals surface area contributed by atoms with E-state index in [0.29, 0.717) is 13.1 Å². The third-order valence-electron chi connectivity index (χ3n) is 3.18. The van der Waals surface area contributed by atoms with E-state index in [2.05, 4.69) is 0 Å². The Morgan fingerprint density at radius 2 is 2.25 bits per heavy atom. The first kappa shape index (κ1) is 15.6. The Labute approximate surface area is 128 Å². The lowest BCUT2D eigenvalue weighted by Crippen LogP contribution is -2.35. The third kappa shape index (κ3) is 4.11. The zero-order valence-electron chi connectivity index (χ0n) is 11.9. The molecule has 0 bridgehead atoms. The molecule has 2 rings (SSSR count). The number of rotatable bonds is 2. The molecule has 1 fully saturated rings. The molecule has 2 atom stereocenters. The average Bonchev–Trinajstić information content (AvgIpc) is 2.85. The second-order valence-corrected chi connectivity index (χ2v) is 7.72. The zero-order valence-corrected chi connectivity index (χ0v) is 13.5. The van der Waals surface area contributed by atoms with E-state index in [0.717, 1.165) is 16.3 Å². The molecule has 0 radical (unpaired) electrons. The number of carbonyl (C=O) groups excluding carboxylic acids is 1. The Bertz CT molecular complexity index is 483. The van der Waals surface area contributed by atoms with Crippen molar-refractivity contribution in [3.05, 3.63) is 21.3 Å². The molecule has 0 aromatic carbocycles. The van der Waals surface area contributed by atoms with Crippen molar-refractivity contribution in [1.29, 1.82) is 0 Å². The summed E-state index contributed by atoms with van der Waals surface area (Å²) in [6.07, 6.45) is -0.146. The van der Waals surface area contributed by atoms with Crippen LogP contribution in [-0.2, 0) is 11.2 Å². The van der Waals surface area contributed by atoms with Gasteiger partial charge in [-0.15, -0.1) is 11.3 Å². The molecule has 0 spiro atoms. The van der Waals surface area contributed by atoms with Crippen molar-refractivity contribution >= 4 is 29.0 Å². The maximum absolute atomic E-state index is 12.0. The van der Waals surface area contributed by atoms with Crippen molar-refractivity contribution in [1.82, 2.24) is 4.90 Å². The van der Waals surface area contributed by atoms with Crippen molar-refractivity contribution in [2.75, 3.05) is 13.1 Å². The Balaban J connectivity index is 1.93. The van der Waals surface area contributed by atoms with Crippen LogP contribution in [0.1, 0.15) is 26.3 Å². The molecule has 1 aromatic heterocycles. The largest absolute Gasteiger partial charge is 0.444 e. The Morgan fingerprint density at radius 1 is 1.55 bits per heavy atom. The van der Waals surface area contributed by atoms with E-state index in [1.54, 1.807) is 4.90 Å². The van der Waals surface area contributed by atoms with Crippen molar-refractivity contribution in [2.45, 2.75) is 38.9 Å². The molecule has 6 heteroatoms. The molecule has 20 heavy (non-hydrogen) atoms. The maximum atomic E-state index is 12.0. The molecule has 1 amide bonds. The molecular formula is C14H20ClNO3S. The normalized spacial score (nSPS) is 23.1. The van der Waals surface area contributed by atoms with Crippen molar-refractivity contribution in [3.63, 3.8) is 0 Å². The van der Waals surface area contributed by atoms with Crippen molar-refractivity contribution in [3.8, 4) is 0 Å². The lowest BCUT2D eigenvalue weighted by atomic mass is 9.99. The van der Waals surface area contributed by atoms with Gasteiger partial charge in [-0.25, -0.2) is 4.79 Å². The molecule has 4 nitrogen and oxygen atoms in total. The minimum Gasteiger partial charge on any atom is -0.444 e. The lowest BCUT2D eigenvalue weighted by molar-refractivity contribution is 0.0270. The summed E-state index contributed by atoms with van der Waals surface area (Å²) >= 11 is 7.39. The van der Waals surface area contributed by atoms with E-state index in [-0.39, 0.29) is 12.0 Å². The minimum absolute atomic E-state index is 0.0354. The van der Waals surface area contributed by atoms with Crippen LogP contribution in [0.5, 0.6) is 0 Å². The highest BCUT2D eigenvalue weighted by atomic mass is 35.5. The van der Waals surface area contributed by atoms with Crippen LogP contribution in [0, 0.1) is 5.92 Å². The van der Waals surface area contributed by atoms with Gasteiger partial charge >= 0.3 is 6.09 Å². The number of hydrogen-bond donors (Lipinski definition) is 1. The van der Waals surface area contributed by atoms with Gasteiger partial charge in [-0.1, -0.05) is 11.6 Å². The molecule has 2 unspecified atom stereocenters. The van der Waals surface area contributed by atoms with Crippen LogP contribution < -0.4 is 0 Å². The molecule has 1 aliphatic rings. The Morgan fingerprint density at radius 3 is 2.80 bits per heavy atom. The van der Waals surface area contributed by atoms with Gasteiger partial charge in [0, 0.05) is 12.5 Å². The fraction of sp³-hybridized carbons (Fsp3) is 0.643. The van der Waals surface area contributed by atoms with Gasteiger partial charge in [0.05, 0.1) is 17.0 Å². The summed E-state index contributed by atoms with van der Waals surface area (Å²) < 4.78 is 6.08. The van der Waals surface area contributed by atoms with Gasteiger partial charge in [-0.2, -0.15) is 0 Å². The van der Waals surface area contributed by atoms with Crippen LogP contribution in [0.25, 0.3) is 0 Å². The van der Waals surface area contributed by atoms with Crippen LogP contribution in [0.2, 0.25) is 4.34 Å². The summed E-state index contributed by atoms with van der Waals surface area (Å²) in [5, 5.41) is 12.1. The molecule has 1 aliphatic heterocycles. The van der Waals surface area contributed by atoms with Gasteiger partial charge in [0.25, 0.3) is 0 Å². The Kier molecular flexibility index (Phi) is 4.62. The predicted molar refractivity (Wildman–Crippen MR) is 80.3 cm³/mol. The van der Waals surface area contributed by atoms with E-state index >= 15 is 0 Å². The molecule has 1 saturated heterocycles. The fourth-order valence-corrected chi connectivity index (χ4v) is 3.21. The maximum Gasteiger partial charge on any atom is 0.410 e. The van der Waals surface area contributed by atoms with E-state index in [1.807, 2.05) is 32.2 Å². The van der Waals surface area contributed by atoms with Gasteiger partial charge < -0.3 is 14.7 Å². The standard InChI is InChI=1S/C14H20ClNO3S/c1-14(2,3)19-13(18)16-6-10(11(17)7-16)4-9-5-12(15)20-8-9/h5,8,10-11,17H,4,6-7H2,1-3H3. The average molecular weight is 318 g/mol. The number of likely N-dealkylation sites (tertiary alicyclic amines) is 1. The molecule has 2 heterocycles. The van der Waals surface area contributed by atoms with Crippen molar-refractivity contribution in [2.24, 2.45) is 5.92 Å². The van der Waals surface area contributed by atoms with E-state index in [4.69, 9.17) is 16.3 Å². The summed E-state index contributed by atoms with van der Waals surface area (Å²) in [4.78, 5) is 13.6. The van der Waals surface area contributed by atoms with Gasteiger partial charge in [-0.3, -0.25) is 0 Å². The highest BCUT2D eigenvalue weighted by Gasteiger charge is 2.36. The fourth-order valence-electron chi connectivity index (χ4n) is 2.29. The van der Waals surface area contributed by atoms with E-state index in [9.17, 15) is 9.90 Å². The topological polar surface area (TPSA) is 49.8 Å². The first-order valence-corrected chi connectivity index (χ1v) is 7.89. The molecule has 0 saturated carbocycles. The zero-order chi connectivity index (χ0) is 14.9. The number of halogens is 1. The van der Waals surface area contributed by atoms with E-state index in [1.165, 1.54) is 11.3 Å². The summed E-state index contributed by atoms with van der Waals surface area (Å²) in [5.41, 5.74) is 0.594. The number of β-amino-alcohol motifs (C(OH)–C–C–N with tert-alkyl or cyclic N) is 1. The predicted octanol–water partition coefficient (Wildman–Crippen LogP) is 3.17. The van der Waals surface area contributed by atoms with E-state index < -0.39 is 11.7 Å². The number of amides is 1. The molecular weight excluding hydrogens is 298 g/mol. The van der Waals surface area contributed by atoms with Crippen LogP contribution in [0.15, 0.2) is 11.4 Å². The molecule has 1 aromatic rings. The lowest BCUT2D eigenvalue weighted by Gasteiger charge is -2.24. The van der Waals surface area contributed by atoms with Gasteiger partial charge in [0.1, 0.15) is 5.60 Å². The number of aliphatic hydroxyl groups excluding tert-OH is 1. The summed E-state index contributed by atoms with van der Waals surface area (Å²) in [6.45, 7) is 6.35. The monoisotopic (exact) mass is 317 g/mol. The highest BCUT2D eigenvalue weighted by molar-refractivity contribution is 7.14. The molecule has 1 N–H and O–H groups in total. The van der Waals surface area contributed by atoms with Gasteiger partial charge in [-0.05, 0) is 44.2 Å². The number of hydrogen-bond acceptors (Lipinski definition) is 4. The van der Waals surface area contributed by atoms with Crippen LogP contribution >= 0.6 is 22.9 Å². The smallest absolute Gasteiger partial charge is 0.410 e. The van der Waals surface area contributed by atoms with Crippen LogP contribution in [0.3, 0.4) is 0 Å². The highest BCUT2D eigenvalue weighted by Crippen LogP contribution is 2.27. The Hall–Kier alpha value is -0.780. The van der Waals surface area contributed by atoms with Gasteiger partial charge in [0.15, 0.2) is 0 Å². The van der Waals surface area contributed by atoms with Crippen molar-refractivity contribution < 1.29 is 14.6 Å². The SMILES string of the molecule is CC(C)(C)OC(=O)N1CC(O)C(Cc2csc(Cl)c2)C1. The minimum atomic E-state index is -0.513. The number of aliphatic hydroxyl groups is 1. The second kappa shape index (κ2) is 5.92. The quantitative estimate of drug-likeness (QED) is 0.911. The molecule has 0 aliphatic carbocycles. The van der Waals surface area contributed by atoms with Crippen LogP contribution in [0.4, 0.5) is 4.79 Å². The number of nitrogens with zero attached hydrogens (tertiary/aromatic N) is 1. The van der Waals surface area contributed by atoms with Gasteiger partial charge in [0.2, 0.25) is 0 Å². The first-order valence-electron chi connectivity index (χ1n) is 6.63. The number of thiophene rings is 1. The first-order chi connectivity index (χ1) is 9.24. The summed E-state index contributed by atoms with van der Waals surface area (Å²) in [5.74, 6) is 0.0354. The molecule has 112 valence electrons. The summed E-state index contributed by atoms with van der Waals surface area (Å²) in [6, 6.07) is 1.91. The third-order valence-corrected chi connectivity index (χ3v) is 4.32. The van der Waals surface area contributed by atoms with Crippen LogP contribution in [-0.4, -0.2) is 40.9 Å². The second-order valence-electron chi connectivity index (χ2n) is 6.18.